The molecular weight excluding hydrogens is 358 g/mol. The molecule has 3 heterocycles. The summed E-state index contributed by atoms with van der Waals surface area (Å²) < 4.78 is 32.6. The topological polar surface area (TPSA) is 50.3 Å². The molecule has 0 radical (unpaired) electrons. The van der Waals surface area contributed by atoms with Gasteiger partial charge in [-0.3, -0.25) is 0 Å². The van der Waals surface area contributed by atoms with E-state index < -0.39 is 12.5 Å². The van der Waals surface area contributed by atoms with Crippen LogP contribution >= 0.6 is 11.8 Å². The highest BCUT2D eigenvalue weighted by Gasteiger charge is 2.30. The molecule has 5 nitrogen and oxygen atoms in total. The average Bonchev–Trinajstić information content (AvgIpc) is 2.81. The first-order valence-electron chi connectivity index (χ1n) is 9.35. The summed E-state index contributed by atoms with van der Waals surface area (Å²) in [6.45, 7) is 8.96. The number of nitrogens with one attached hydrogen (secondary N) is 1. The number of rotatable bonds is 6. The highest BCUT2D eigenvalue weighted by Crippen LogP contribution is 2.43. The summed E-state index contributed by atoms with van der Waals surface area (Å²) in [5.74, 6) is 2.16. The maximum atomic E-state index is 13.5. The van der Waals surface area contributed by atoms with Crippen LogP contribution in [0.1, 0.15) is 50.1 Å². The number of anilines is 2. The van der Waals surface area contributed by atoms with Gasteiger partial charge >= 0.3 is 0 Å². The molecule has 3 rings (SSSR count). The molecular formula is C18H28F2N4OS. The zero-order chi connectivity index (χ0) is 18.7. The predicted molar refractivity (Wildman–Crippen MR) is 102 cm³/mol. The standard InChI is InChI=1S/C18H28F2N4OS/c1-11(2)9-14(16(19)20)21-17-13-10-26-12(3)15(13)22-18(23-17)24-5-4-7-25-8-6-24/h11-12,14,16H,4-10H2,1-3H3,(H,21,22,23)/t12?,14-/m0/s1. The number of thioether (sulfide) groups is 1. The van der Waals surface area contributed by atoms with E-state index in [-0.39, 0.29) is 11.2 Å². The van der Waals surface area contributed by atoms with Crippen molar-refractivity contribution in [2.75, 3.05) is 36.5 Å². The number of hydrogen-bond donors (Lipinski definition) is 1. The van der Waals surface area contributed by atoms with Gasteiger partial charge in [0.05, 0.1) is 18.3 Å². The van der Waals surface area contributed by atoms with Crippen LogP contribution in [0.15, 0.2) is 0 Å². The molecule has 0 saturated carbocycles. The lowest BCUT2D eigenvalue weighted by Gasteiger charge is -2.25. The predicted octanol–water partition coefficient (Wildman–Crippen LogP) is 4.10. The molecule has 0 aromatic carbocycles. The van der Waals surface area contributed by atoms with E-state index in [4.69, 9.17) is 9.72 Å². The van der Waals surface area contributed by atoms with Crippen LogP contribution in [0.25, 0.3) is 0 Å². The second-order valence-corrected chi connectivity index (χ2v) is 8.69. The second kappa shape index (κ2) is 8.69. The molecule has 1 aromatic rings. The minimum Gasteiger partial charge on any atom is -0.380 e. The fourth-order valence-electron chi connectivity index (χ4n) is 3.37. The average molecular weight is 387 g/mol. The van der Waals surface area contributed by atoms with Crippen molar-refractivity contribution >= 4 is 23.5 Å². The number of aromatic nitrogens is 2. The molecule has 0 amide bonds. The molecule has 1 N–H and O–H groups in total. The van der Waals surface area contributed by atoms with Gasteiger partial charge in [0, 0.05) is 36.3 Å². The first-order valence-corrected chi connectivity index (χ1v) is 10.4. The number of ether oxygens (including phenoxy) is 1. The van der Waals surface area contributed by atoms with Gasteiger partial charge in [-0.1, -0.05) is 13.8 Å². The lowest BCUT2D eigenvalue weighted by Crippen LogP contribution is -2.32. The third-order valence-corrected chi connectivity index (χ3v) is 5.93. The molecule has 0 bridgehead atoms. The lowest BCUT2D eigenvalue weighted by atomic mass is 10.0. The van der Waals surface area contributed by atoms with Crippen LogP contribution < -0.4 is 10.2 Å². The fraction of sp³-hybridized carbons (Fsp3) is 0.778. The summed E-state index contributed by atoms with van der Waals surface area (Å²) in [5.41, 5.74) is 1.96. The summed E-state index contributed by atoms with van der Waals surface area (Å²) in [5, 5.41) is 3.31. The molecule has 0 aliphatic carbocycles. The van der Waals surface area contributed by atoms with Gasteiger partial charge in [-0.2, -0.15) is 4.98 Å². The third-order valence-electron chi connectivity index (χ3n) is 4.75. The van der Waals surface area contributed by atoms with Gasteiger partial charge in [0.15, 0.2) is 0 Å². The van der Waals surface area contributed by atoms with E-state index in [0.29, 0.717) is 24.8 Å². The van der Waals surface area contributed by atoms with Gasteiger partial charge in [0.25, 0.3) is 6.43 Å². The van der Waals surface area contributed by atoms with Crippen LogP contribution in [0.2, 0.25) is 0 Å². The highest BCUT2D eigenvalue weighted by atomic mass is 32.2. The maximum Gasteiger partial charge on any atom is 0.258 e. The number of nitrogens with zero attached hydrogens (tertiary/aromatic N) is 3. The Morgan fingerprint density at radius 2 is 2.08 bits per heavy atom. The Labute approximate surface area is 158 Å². The van der Waals surface area contributed by atoms with E-state index >= 15 is 0 Å². The molecule has 1 aromatic heterocycles. The lowest BCUT2D eigenvalue weighted by molar-refractivity contribution is 0.114. The number of hydrogen-bond acceptors (Lipinski definition) is 6. The first-order chi connectivity index (χ1) is 12.5. The van der Waals surface area contributed by atoms with Crippen LogP contribution in [0.4, 0.5) is 20.5 Å². The van der Waals surface area contributed by atoms with Crippen molar-refractivity contribution in [1.29, 1.82) is 0 Å². The largest absolute Gasteiger partial charge is 0.380 e. The van der Waals surface area contributed by atoms with Crippen LogP contribution in [-0.4, -0.2) is 48.7 Å². The van der Waals surface area contributed by atoms with Crippen LogP contribution in [0.3, 0.4) is 0 Å². The molecule has 146 valence electrons. The van der Waals surface area contributed by atoms with E-state index in [0.717, 1.165) is 43.1 Å². The van der Waals surface area contributed by atoms with Crippen molar-refractivity contribution in [3.05, 3.63) is 11.3 Å². The second-order valence-electron chi connectivity index (χ2n) is 7.36. The molecule has 1 fully saturated rings. The molecule has 8 heteroatoms. The van der Waals surface area contributed by atoms with E-state index in [2.05, 4.69) is 22.1 Å². The number of alkyl halides is 2. The third kappa shape index (κ3) is 4.57. The van der Waals surface area contributed by atoms with Crippen LogP contribution in [-0.2, 0) is 10.5 Å². The van der Waals surface area contributed by atoms with E-state index in [1.807, 2.05) is 13.8 Å². The van der Waals surface area contributed by atoms with Crippen LogP contribution in [0, 0.1) is 5.92 Å². The molecule has 1 saturated heterocycles. The zero-order valence-electron chi connectivity index (χ0n) is 15.7. The molecule has 2 aliphatic heterocycles. The minimum atomic E-state index is -2.43. The normalized spacial score (nSPS) is 21.8. The maximum absolute atomic E-state index is 13.5. The smallest absolute Gasteiger partial charge is 0.258 e. The van der Waals surface area contributed by atoms with Gasteiger partial charge < -0.3 is 15.0 Å². The van der Waals surface area contributed by atoms with Crippen molar-refractivity contribution in [3.63, 3.8) is 0 Å². The van der Waals surface area contributed by atoms with Crippen LogP contribution in [0.5, 0.6) is 0 Å². The number of fused-ring (bicyclic) bond motifs is 1. The Kier molecular flexibility index (Phi) is 6.55. The van der Waals surface area contributed by atoms with Crippen molar-refractivity contribution in [2.24, 2.45) is 5.92 Å². The monoisotopic (exact) mass is 386 g/mol. The summed E-state index contributed by atoms with van der Waals surface area (Å²) in [6.07, 6.45) is -1.10. The fourth-order valence-corrected chi connectivity index (χ4v) is 4.42. The summed E-state index contributed by atoms with van der Waals surface area (Å²) in [7, 11) is 0. The first kappa shape index (κ1) is 19.6. The van der Waals surface area contributed by atoms with Gasteiger partial charge in [0.2, 0.25) is 5.95 Å². The van der Waals surface area contributed by atoms with Crippen molar-refractivity contribution in [2.45, 2.75) is 57.1 Å². The SMILES string of the molecule is CC(C)C[C@H](Nc1nc(N2CCCOCC2)nc2c1CSC2C)C(F)F. The molecule has 26 heavy (non-hydrogen) atoms. The molecule has 2 aliphatic rings. The summed E-state index contributed by atoms with van der Waals surface area (Å²) in [4.78, 5) is 11.6. The molecule has 1 unspecified atom stereocenters. The number of halogens is 2. The van der Waals surface area contributed by atoms with E-state index in [9.17, 15) is 8.78 Å². The molecule has 2 atom stereocenters. The zero-order valence-corrected chi connectivity index (χ0v) is 16.5. The Morgan fingerprint density at radius 3 is 2.81 bits per heavy atom. The Balaban J connectivity index is 1.91. The van der Waals surface area contributed by atoms with E-state index in [1.54, 1.807) is 11.8 Å². The van der Waals surface area contributed by atoms with Crippen molar-refractivity contribution in [1.82, 2.24) is 9.97 Å². The Hall–Kier alpha value is -1.15. The van der Waals surface area contributed by atoms with Gasteiger partial charge in [-0.05, 0) is 25.7 Å². The van der Waals surface area contributed by atoms with Crippen molar-refractivity contribution < 1.29 is 13.5 Å². The van der Waals surface area contributed by atoms with Gasteiger partial charge in [-0.25, -0.2) is 13.8 Å². The van der Waals surface area contributed by atoms with Crippen molar-refractivity contribution in [3.8, 4) is 0 Å². The van der Waals surface area contributed by atoms with E-state index in [1.165, 1.54) is 0 Å². The summed E-state index contributed by atoms with van der Waals surface area (Å²) in [6, 6.07) is -0.893. The van der Waals surface area contributed by atoms with Gasteiger partial charge in [0.1, 0.15) is 5.82 Å². The summed E-state index contributed by atoms with van der Waals surface area (Å²) >= 11 is 1.78. The Bertz CT molecular complexity index is 609. The molecule has 0 spiro atoms. The highest BCUT2D eigenvalue weighted by molar-refractivity contribution is 7.99. The quantitative estimate of drug-likeness (QED) is 0.794. The Morgan fingerprint density at radius 1 is 1.27 bits per heavy atom. The van der Waals surface area contributed by atoms with Gasteiger partial charge in [-0.15, -0.1) is 11.8 Å². The minimum absolute atomic E-state index is 0.187.